The Hall–Kier alpha value is -2.82. The number of hydrogen-bond acceptors (Lipinski definition) is 3. The summed E-state index contributed by atoms with van der Waals surface area (Å²) in [7, 11) is 0. The Morgan fingerprint density at radius 3 is 2.84 bits per heavy atom. The number of amides is 2. The van der Waals surface area contributed by atoms with Gasteiger partial charge in [0.25, 0.3) is 0 Å². The van der Waals surface area contributed by atoms with Crippen LogP contribution in [0.3, 0.4) is 0 Å². The van der Waals surface area contributed by atoms with Crippen molar-refractivity contribution in [2.24, 2.45) is 10.7 Å². The molecule has 25 heavy (non-hydrogen) atoms. The van der Waals surface area contributed by atoms with Gasteiger partial charge in [-0.15, -0.1) is 0 Å². The van der Waals surface area contributed by atoms with Crippen LogP contribution in [0.4, 0.5) is 4.79 Å². The lowest BCUT2D eigenvalue weighted by Crippen LogP contribution is -2.58. The van der Waals surface area contributed by atoms with Gasteiger partial charge in [-0.1, -0.05) is 30.4 Å². The summed E-state index contributed by atoms with van der Waals surface area (Å²) in [6.07, 6.45) is 9.00. The zero-order chi connectivity index (χ0) is 17.0. The number of hydrogen-bond donors (Lipinski definition) is 2. The van der Waals surface area contributed by atoms with Gasteiger partial charge in [0.05, 0.1) is 16.6 Å². The second kappa shape index (κ2) is 5.09. The molecule has 1 aromatic carbocycles. The highest BCUT2D eigenvalue weighted by Gasteiger charge is 2.46. The third-order valence-corrected chi connectivity index (χ3v) is 5.76. The maximum absolute atomic E-state index is 11.6. The van der Waals surface area contributed by atoms with E-state index in [4.69, 9.17) is 10.7 Å². The molecule has 1 aliphatic carbocycles. The molecule has 0 saturated carbocycles. The number of urea groups is 1. The van der Waals surface area contributed by atoms with Crippen LogP contribution in [0.2, 0.25) is 0 Å². The van der Waals surface area contributed by atoms with Crippen molar-refractivity contribution < 1.29 is 4.79 Å². The molecule has 5 nitrogen and oxygen atoms in total. The van der Waals surface area contributed by atoms with Crippen LogP contribution >= 0.6 is 0 Å². The number of carbonyl (C=O) groups is 1. The third kappa shape index (κ3) is 2.02. The first kappa shape index (κ1) is 14.5. The first-order chi connectivity index (χ1) is 12.2. The molecule has 1 aromatic rings. The van der Waals surface area contributed by atoms with E-state index in [0.29, 0.717) is 13.1 Å². The number of nitrogens with zero attached hydrogens (tertiary/aromatic N) is 2. The van der Waals surface area contributed by atoms with Gasteiger partial charge in [-0.2, -0.15) is 0 Å². The molecular weight excluding hydrogens is 312 g/mol. The van der Waals surface area contributed by atoms with Crippen molar-refractivity contribution in [3.63, 3.8) is 0 Å². The van der Waals surface area contributed by atoms with Gasteiger partial charge in [0.1, 0.15) is 0 Å². The molecule has 4 aliphatic rings. The first-order valence-electron chi connectivity index (χ1n) is 8.80. The van der Waals surface area contributed by atoms with Crippen molar-refractivity contribution in [3.8, 4) is 0 Å². The first-order valence-corrected chi connectivity index (χ1v) is 8.80. The van der Waals surface area contributed by atoms with E-state index in [-0.39, 0.29) is 11.6 Å². The highest BCUT2D eigenvalue weighted by Crippen LogP contribution is 2.44. The fourth-order valence-corrected chi connectivity index (χ4v) is 4.50. The summed E-state index contributed by atoms with van der Waals surface area (Å²) in [6, 6.07) is 8.04. The molecule has 126 valence electrons. The average Bonchev–Trinajstić information content (AvgIpc) is 3.03. The average molecular weight is 332 g/mol. The van der Waals surface area contributed by atoms with Crippen LogP contribution in [-0.2, 0) is 0 Å². The van der Waals surface area contributed by atoms with Crippen molar-refractivity contribution in [1.29, 1.82) is 0 Å². The molecule has 5 rings (SSSR count). The smallest absolute Gasteiger partial charge is 0.314 e. The number of nitrogens with one attached hydrogen (secondary N) is 1. The summed E-state index contributed by atoms with van der Waals surface area (Å²) in [6.45, 7) is 1.33. The lowest BCUT2D eigenvalue weighted by Gasteiger charge is -2.47. The van der Waals surface area contributed by atoms with Crippen molar-refractivity contribution in [2.75, 3.05) is 13.1 Å². The van der Waals surface area contributed by atoms with Gasteiger partial charge in [0.2, 0.25) is 0 Å². The van der Waals surface area contributed by atoms with Gasteiger partial charge in [-0.3, -0.25) is 0 Å². The lowest BCUT2D eigenvalue weighted by atomic mass is 9.74. The van der Waals surface area contributed by atoms with Gasteiger partial charge in [0, 0.05) is 35.2 Å². The summed E-state index contributed by atoms with van der Waals surface area (Å²) in [5.41, 5.74) is 10.2. The maximum Gasteiger partial charge on any atom is 0.314 e. The Balaban J connectivity index is 1.72. The number of nitrogens with two attached hydrogens (primary N) is 1. The number of benzene rings is 1. The summed E-state index contributed by atoms with van der Waals surface area (Å²) >= 11 is 0. The number of piperidine rings is 1. The molecule has 3 N–H and O–H groups in total. The van der Waals surface area contributed by atoms with Crippen LogP contribution in [0.25, 0.3) is 5.57 Å². The number of rotatable bonds is 0. The van der Waals surface area contributed by atoms with Gasteiger partial charge >= 0.3 is 6.03 Å². The standard InChI is InChI=1S/C20H20N4O/c21-19(25)24-11-9-20(10-12-24)17-13-5-1-3-7-15(13)22-18(17)14-6-2-4-8-16(14)23-20/h1-5,7-8,23H,6,9-12H2,(H2,21,25). The van der Waals surface area contributed by atoms with E-state index >= 15 is 0 Å². The molecule has 0 bridgehead atoms. The minimum absolute atomic E-state index is 0.183. The minimum atomic E-state index is -0.330. The van der Waals surface area contributed by atoms with Crippen LogP contribution in [-0.4, -0.2) is 29.6 Å². The van der Waals surface area contributed by atoms with Crippen molar-refractivity contribution in [1.82, 2.24) is 10.2 Å². The quantitative estimate of drug-likeness (QED) is 0.746. The Bertz CT molecular complexity index is 991. The molecule has 0 unspecified atom stereocenters. The summed E-state index contributed by atoms with van der Waals surface area (Å²) in [5.74, 6) is 0. The Kier molecular flexibility index (Phi) is 2.95. The molecular formula is C20H20N4O. The van der Waals surface area contributed by atoms with Crippen LogP contribution in [0.1, 0.15) is 19.3 Å². The van der Waals surface area contributed by atoms with Crippen LogP contribution in [0.15, 0.2) is 64.5 Å². The predicted octanol–water partition coefficient (Wildman–Crippen LogP) is 1.08. The molecule has 5 heteroatoms. The van der Waals surface area contributed by atoms with Gasteiger partial charge in [0.15, 0.2) is 0 Å². The number of likely N-dealkylation sites (tertiary alicyclic amines) is 1. The Morgan fingerprint density at radius 2 is 2.04 bits per heavy atom. The Labute approximate surface area is 145 Å². The monoisotopic (exact) mass is 332 g/mol. The number of fused-ring (bicyclic) bond motifs is 4. The SMILES string of the molecule is NC(=O)N1CCC2(CC1)NC1=CC=CCC1=C1N=c3ccccc3=C12. The third-order valence-electron chi connectivity index (χ3n) is 5.76. The molecule has 3 aliphatic heterocycles. The summed E-state index contributed by atoms with van der Waals surface area (Å²) in [5, 5.41) is 6.09. The van der Waals surface area contributed by atoms with Crippen molar-refractivity contribution in [3.05, 3.63) is 70.0 Å². The molecule has 1 saturated heterocycles. The van der Waals surface area contributed by atoms with E-state index in [2.05, 4.69) is 41.7 Å². The van der Waals surface area contributed by atoms with E-state index in [9.17, 15) is 4.79 Å². The number of carbonyl (C=O) groups excluding carboxylic acids is 1. The van der Waals surface area contributed by atoms with Gasteiger partial charge in [-0.05, 0) is 31.4 Å². The largest absolute Gasteiger partial charge is 0.375 e. The van der Waals surface area contributed by atoms with E-state index in [1.54, 1.807) is 4.90 Å². The number of para-hydroxylation sites is 1. The molecule has 1 fully saturated rings. The normalized spacial score (nSPS) is 22.6. The number of primary amides is 1. The second-order valence-electron chi connectivity index (χ2n) is 7.08. The molecule has 0 radical (unpaired) electrons. The van der Waals surface area contributed by atoms with Crippen LogP contribution in [0, 0.1) is 0 Å². The van der Waals surface area contributed by atoms with E-state index in [1.165, 1.54) is 22.1 Å². The van der Waals surface area contributed by atoms with Gasteiger partial charge in [-0.25, -0.2) is 9.79 Å². The zero-order valence-electron chi connectivity index (χ0n) is 14.0. The van der Waals surface area contributed by atoms with Crippen LogP contribution in [0.5, 0.6) is 0 Å². The fourth-order valence-electron chi connectivity index (χ4n) is 4.50. The predicted molar refractivity (Wildman–Crippen MR) is 95.8 cm³/mol. The highest BCUT2D eigenvalue weighted by molar-refractivity contribution is 5.80. The molecule has 3 heterocycles. The summed E-state index contributed by atoms with van der Waals surface area (Å²) in [4.78, 5) is 18.3. The fraction of sp³-hybridized carbons (Fsp3) is 0.300. The second-order valence-corrected chi connectivity index (χ2v) is 7.08. The molecule has 2 amide bonds. The van der Waals surface area contributed by atoms with Crippen LogP contribution < -0.4 is 21.6 Å². The Morgan fingerprint density at radius 1 is 1.24 bits per heavy atom. The molecule has 0 atom stereocenters. The van der Waals surface area contributed by atoms with Crippen molar-refractivity contribution in [2.45, 2.75) is 24.8 Å². The minimum Gasteiger partial charge on any atom is -0.375 e. The number of allylic oxidation sites excluding steroid dienone is 4. The van der Waals surface area contributed by atoms with E-state index < -0.39 is 0 Å². The van der Waals surface area contributed by atoms with E-state index in [0.717, 1.165) is 30.3 Å². The highest BCUT2D eigenvalue weighted by atomic mass is 16.2. The molecule has 0 aromatic heterocycles. The lowest BCUT2D eigenvalue weighted by molar-refractivity contribution is 0.173. The van der Waals surface area contributed by atoms with Crippen molar-refractivity contribution >= 4 is 11.6 Å². The van der Waals surface area contributed by atoms with Gasteiger partial charge < -0.3 is 16.0 Å². The summed E-state index contributed by atoms with van der Waals surface area (Å²) < 4.78 is 0. The zero-order valence-corrected chi connectivity index (χ0v) is 14.0. The topological polar surface area (TPSA) is 70.7 Å². The molecule has 1 spiro atoms. The van der Waals surface area contributed by atoms with E-state index in [1.807, 2.05) is 6.07 Å². The maximum atomic E-state index is 11.6.